The fraction of sp³-hybridized carbons (Fsp3) is 0.583. The molecule has 0 unspecified atom stereocenters. The fourth-order valence-corrected chi connectivity index (χ4v) is 1.70. The molecule has 88 valence electrons. The van der Waals surface area contributed by atoms with Gasteiger partial charge in [-0.1, -0.05) is 25.6 Å². The Labute approximate surface area is 98.8 Å². The van der Waals surface area contributed by atoms with Crippen LogP contribution in [0, 0.1) is 18.4 Å². The van der Waals surface area contributed by atoms with Crippen molar-refractivity contribution >= 4 is 8.07 Å². The molecule has 0 atom stereocenters. The summed E-state index contributed by atoms with van der Waals surface area (Å²) in [4.78, 5) is 0. The van der Waals surface area contributed by atoms with Gasteiger partial charge in [0.1, 0.15) is 8.07 Å². The minimum Gasteiger partial charge on any atom is -0.383 e. The molecule has 3 nitrogen and oxygen atoms in total. The summed E-state index contributed by atoms with van der Waals surface area (Å²) in [5.41, 5.74) is 5.39. The molecule has 0 N–H and O–H groups in total. The Bertz CT molecular complexity index is 407. The number of aryl methyl sites for hydroxylation is 1. The van der Waals surface area contributed by atoms with Gasteiger partial charge in [0.15, 0.2) is 0 Å². The first kappa shape index (κ1) is 13.0. The molecule has 0 fully saturated rings. The van der Waals surface area contributed by atoms with Gasteiger partial charge in [-0.15, -0.1) is 5.54 Å². The monoisotopic (exact) mass is 236 g/mol. The van der Waals surface area contributed by atoms with Gasteiger partial charge in [-0.05, 0) is 6.92 Å². The molecule has 0 aromatic carbocycles. The summed E-state index contributed by atoms with van der Waals surface area (Å²) in [5.74, 6) is 3.24. The van der Waals surface area contributed by atoms with E-state index in [1.807, 2.05) is 17.8 Å². The van der Waals surface area contributed by atoms with Crippen LogP contribution in [0.25, 0.3) is 0 Å². The van der Waals surface area contributed by atoms with Crippen molar-refractivity contribution in [3.63, 3.8) is 0 Å². The quantitative estimate of drug-likeness (QED) is 0.593. The lowest BCUT2D eigenvalue weighted by atomic mass is 10.3. The van der Waals surface area contributed by atoms with Crippen LogP contribution in [0.2, 0.25) is 19.6 Å². The van der Waals surface area contributed by atoms with Crippen LogP contribution in [0.5, 0.6) is 0 Å². The van der Waals surface area contributed by atoms with Gasteiger partial charge < -0.3 is 4.74 Å². The highest BCUT2D eigenvalue weighted by Crippen LogP contribution is 2.05. The number of ether oxygens (including phenoxy) is 1. The molecule has 0 aliphatic rings. The van der Waals surface area contributed by atoms with Gasteiger partial charge in [0.05, 0.1) is 24.4 Å². The molecule has 1 aromatic heterocycles. The zero-order valence-corrected chi connectivity index (χ0v) is 11.8. The Morgan fingerprint density at radius 1 is 1.44 bits per heavy atom. The highest BCUT2D eigenvalue weighted by Gasteiger charge is 2.08. The molecular weight excluding hydrogens is 216 g/mol. The second kappa shape index (κ2) is 5.33. The van der Waals surface area contributed by atoms with Crippen LogP contribution in [0.15, 0.2) is 6.20 Å². The van der Waals surface area contributed by atoms with Gasteiger partial charge in [0, 0.05) is 13.3 Å². The van der Waals surface area contributed by atoms with Gasteiger partial charge in [0.25, 0.3) is 0 Å². The van der Waals surface area contributed by atoms with Crippen molar-refractivity contribution in [1.82, 2.24) is 9.78 Å². The zero-order valence-electron chi connectivity index (χ0n) is 10.8. The van der Waals surface area contributed by atoms with Crippen LogP contribution < -0.4 is 0 Å². The average molecular weight is 236 g/mol. The van der Waals surface area contributed by atoms with E-state index < -0.39 is 8.07 Å². The van der Waals surface area contributed by atoms with E-state index in [1.54, 1.807) is 7.11 Å². The number of hydrogen-bond acceptors (Lipinski definition) is 2. The molecule has 0 spiro atoms. The zero-order chi connectivity index (χ0) is 12.2. The molecule has 0 aliphatic heterocycles. The van der Waals surface area contributed by atoms with Crippen molar-refractivity contribution in [3.05, 3.63) is 17.5 Å². The van der Waals surface area contributed by atoms with Crippen LogP contribution in [-0.4, -0.2) is 31.6 Å². The third-order valence-electron chi connectivity index (χ3n) is 2.04. The number of nitrogens with zero attached hydrogens (tertiary/aromatic N) is 2. The average Bonchev–Trinajstić information content (AvgIpc) is 2.52. The summed E-state index contributed by atoms with van der Waals surface area (Å²) >= 11 is 0. The molecule has 0 amide bonds. The SMILES string of the molecule is COCCn1cc(C#C[Si](C)(C)C)c(C)n1. The maximum Gasteiger partial charge on any atom is 0.129 e. The smallest absolute Gasteiger partial charge is 0.129 e. The number of methoxy groups -OCH3 is 1. The first-order valence-electron chi connectivity index (χ1n) is 5.48. The van der Waals surface area contributed by atoms with Crippen LogP contribution >= 0.6 is 0 Å². The molecule has 4 heteroatoms. The normalized spacial score (nSPS) is 11.1. The molecule has 0 saturated carbocycles. The maximum absolute atomic E-state index is 5.02. The number of aromatic nitrogens is 2. The second-order valence-corrected chi connectivity index (χ2v) is 9.63. The van der Waals surface area contributed by atoms with Gasteiger partial charge in [0.2, 0.25) is 0 Å². The third kappa shape index (κ3) is 4.21. The highest BCUT2D eigenvalue weighted by atomic mass is 28.3. The molecule has 1 rings (SSSR count). The number of rotatable bonds is 3. The largest absolute Gasteiger partial charge is 0.383 e. The molecule has 16 heavy (non-hydrogen) atoms. The summed E-state index contributed by atoms with van der Waals surface area (Å²) in [6.45, 7) is 10.2. The Morgan fingerprint density at radius 3 is 2.69 bits per heavy atom. The van der Waals surface area contributed by atoms with E-state index in [9.17, 15) is 0 Å². The van der Waals surface area contributed by atoms with Gasteiger partial charge in [-0.2, -0.15) is 5.10 Å². The van der Waals surface area contributed by atoms with Crippen molar-refractivity contribution in [2.24, 2.45) is 0 Å². The third-order valence-corrected chi connectivity index (χ3v) is 2.92. The first-order valence-corrected chi connectivity index (χ1v) is 8.98. The Morgan fingerprint density at radius 2 is 2.12 bits per heavy atom. The van der Waals surface area contributed by atoms with E-state index in [1.165, 1.54) is 0 Å². The Hall–Kier alpha value is -1.05. The van der Waals surface area contributed by atoms with Crippen molar-refractivity contribution < 1.29 is 4.74 Å². The molecule has 0 bridgehead atoms. The molecule has 1 heterocycles. The molecule has 0 aliphatic carbocycles. The van der Waals surface area contributed by atoms with Gasteiger partial charge in [-0.3, -0.25) is 4.68 Å². The molecule has 1 aromatic rings. The summed E-state index contributed by atoms with van der Waals surface area (Å²) in [5, 5.41) is 4.40. The summed E-state index contributed by atoms with van der Waals surface area (Å²) < 4.78 is 6.92. The van der Waals surface area contributed by atoms with Crippen molar-refractivity contribution in [1.29, 1.82) is 0 Å². The summed E-state index contributed by atoms with van der Waals surface area (Å²) in [6.07, 6.45) is 2.00. The van der Waals surface area contributed by atoms with E-state index in [2.05, 4.69) is 36.2 Å². The van der Waals surface area contributed by atoms with Gasteiger partial charge >= 0.3 is 0 Å². The number of hydrogen-bond donors (Lipinski definition) is 0. The summed E-state index contributed by atoms with van der Waals surface area (Å²) in [7, 11) is 0.395. The van der Waals surface area contributed by atoms with E-state index in [0.29, 0.717) is 6.61 Å². The lowest BCUT2D eigenvalue weighted by Crippen LogP contribution is -2.16. The molecular formula is C12H20N2OSi. The Kier molecular flexibility index (Phi) is 4.33. The van der Waals surface area contributed by atoms with Gasteiger partial charge in [-0.25, -0.2) is 0 Å². The minimum atomic E-state index is -1.30. The Balaban J connectivity index is 2.80. The standard InChI is InChI=1S/C12H20N2OSi/c1-11-12(6-9-16(3,4)5)10-14(13-11)7-8-15-2/h10H,7-8H2,1-5H3. The van der Waals surface area contributed by atoms with Crippen molar-refractivity contribution in [3.8, 4) is 11.5 Å². The topological polar surface area (TPSA) is 27.1 Å². The minimum absolute atomic E-state index is 0.683. The lowest BCUT2D eigenvalue weighted by Gasteiger charge is -2.02. The van der Waals surface area contributed by atoms with Crippen LogP contribution in [0.3, 0.4) is 0 Å². The van der Waals surface area contributed by atoms with Crippen molar-refractivity contribution in [2.75, 3.05) is 13.7 Å². The van der Waals surface area contributed by atoms with Crippen molar-refractivity contribution in [2.45, 2.75) is 33.1 Å². The fourth-order valence-electron chi connectivity index (χ4n) is 1.19. The van der Waals surface area contributed by atoms with E-state index in [-0.39, 0.29) is 0 Å². The van der Waals surface area contributed by atoms with E-state index in [4.69, 9.17) is 4.74 Å². The molecule has 0 saturated heterocycles. The first-order chi connectivity index (χ1) is 7.42. The van der Waals surface area contributed by atoms with Crippen LogP contribution in [0.4, 0.5) is 0 Å². The second-order valence-electron chi connectivity index (χ2n) is 4.88. The predicted octanol–water partition coefficient (Wildman–Crippen LogP) is 2.07. The molecule has 0 radical (unpaired) electrons. The van der Waals surface area contributed by atoms with E-state index in [0.717, 1.165) is 17.8 Å². The highest BCUT2D eigenvalue weighted by molar-refractivity contribution is 6.83. The van der Waals surface area contributed by atoms with Crippen LogP contribution in [0.1, 0.15) is 11.3 Å². The summed E-state index contributed by atoms with van der Waals surface area (Å²) in [6, 6.07) is 0. The maximum atomic E-state index is 5.02. The lowest BCUT2D eigenvalue weighted by molar-refractivity contribution is 0.183. The predicted molar refractivity (Wildman–Crippen MR) is 69.1 cm³/mol. The van der Waals surface area contributed by atoms with Crippen LogP contribution in [-0.2, 0) is 11.3 Å². The van der Waals surface area contributed by atoms with E-state index >= 15 is 0 Å².